The third-order valence-corrected chi connectivity index (χ3v) is 5.64. The quantitative estimate of drug-likeness (QED) is 0.774. The fourth-order valence-electron chi connectivity index (χ4n) is 2.47. The van der Waals surface area contributed by atoms with Crippen molar-refractivity contribution < 1.29 is 26.4 Å². The minimum atomic E-state index is -4.63. The van der Waals surface area contributed by atoms with Crippen molar-refractivity contribution in [2.24, 2.45) is 0 Å². The zero-order chi connectivity index (χ0) is 20.1. The lowest BCUT2D eigenvalue weighted by molar-refractivity contribution is -0.137. The van der Waals surface area contributed by atoms with Crippen LogP contribution in [-0.2, 0) is 26.7 Å². The Labute approximate surface area is 155 Å². The molecular weight excluding hydrogens is 381 g/mol. The largest absolute Gasteiger partial charge is 0.418 e. The van der Waals surface area contributed by atoms with Gasteiger partial charge in [-0.05, 0) is 17.7 Å². The molecule has 146 valence electrons. The van der Waals surface area contributed by atoms with E-state index in [-0.39, 0.29) is 12.3 Å². The molecule has 0 heterocycles. The number of likely N-dealkylation sites (N-methyl/N-ethyl adjacent to an activating group) is 1. The van der Waals surface area contributed by atoms with E-state index < -0.39 is 39.9 Å². The van der Waals surface area contributed by atoms with E-state index in [1.165, 1.54) is 12.1 Å². The molecule has 9 heteroatoms. The van der Waals surface area contributed by atoms with Crippen molar-refractivity contribution in [3.05, 3.63) is 65.7 Å². The molecule has 0 aliphatic rings. The summed E-state index contributed by atoms with van der Waals surface area (Å²) in [6.07, 6.45) is -4.63. The van der Waals surface area contributed by atoms with Crippen molar-refractivity contribution >= 4 is 21.6 Å². The SMILES string of the molecule is CCN(CC(=O)Nc1ccccc1C(F)(F)F)S(=O)(=O)Cc1ccccc1. The summed E-state index contributed by atoms with van der Waals surface area (Å²) in [5.41, 5.74) is -0.848. The first-order valence-corrected chi connectivity index (χ1v) is 9.72. The first-order chi connectivity index (χ1) is 12.6. The van der Waals surface area contributed by atoms with Crippen molar-refractivity contribution in [2.45, 2.75) is 18.9 Å². The summed E-state index contributed by atoms with van der Waals surface area (Å²) in [4.78, 5) is 12.2. The molecule has 0 aliphatic carbocycles. The lowest BCUT2D eigenvalue weighted by atomic mass is 10.1. The Morgan fingerprint density at radius 3 is 2.22 bits per heavy atom. The highest BCUT2D eigenvalue weighted by atomic mass is 32.2. The summed E-state index contributed by atoms with van der Waals surface area (Å²) in [7, 11) is -3.80. The van der Waals surface area contributed by atoms with Crippen LogP contribution in [0.5, 0.6) is 0 Å². The van der Waals surface area contributed by atoms with Crippen LogP contribution in [-0.4, -0.2) is 31.7 Å². The number of sulfonamides is 1. The number of amides is 1. The molecule has 0 radical (unpaired) electrons. The standard InChI is InChI=1S/C18H19F3N2O3S/c1-2-23(27(25,26)13-14-8-4-3-5-9-14)12-17(24)22-16-11-7-6-10-15(16)18(19,20)21/h3-11H,2,12-13H2,1H3,(H,22,24). The summed E-state index contributed by atoms with van der Waals surface area (Å²) >= 11 is 0. The molecule has 0 unspecified atom stereocenters. The molecule has 0 aromatic heterocycles. The van der Waals surface area contributed by atoms with Gasteiger partial charge in [0.2, 0.25) is 15.9 Å². The third-order valence-electron chi connectivity index (χ3n) is 3.76. The van der Waals surface area contributed by atoms with Crippen LogP contribution in [0, 0.1) is 0 Å². The average molecular weight is 400 g/mol. The van der Waals surface area contributed by atoms with E-state index in [0.29, 0.717) is 5.56 Å². The second kappa shape index (κ2) is 8.53. The van der Waals surface area contributed by atoms with E-state index in [0.717, 1.165) is 16.4 Å². The van der Waals surface area contributed by atoms with Crippen molar-refractivity contribution in [1.82, 2.24) is 4.31 Å². The maximum Gasteiger partial charge on any atom is 0.418 e. The molecule has 2 aromatic carbocycles. The number of alkyl halides is 3. The Balaban J connectivity index is 2.12. The monoisotopic (exact) mass is 400 g/mol. The normalized spacial score (nSPS) is 12.2. The number of benzene rings is 2. The number of carbonyl (C=O) groups excluding carboxylic acids is 1. The Morgan fingerprint density at radius 2 is 1.63 bits per heavy atom. The summed E-state index contributed by atoms with van der Waals surface area (Å²) < 4.78 is 65.0. The summed E-state index contributed by atoms with van der Waals surface area (Å²) in [5, 5.41) is 2.15. The number of hydrogen-bond acceptors (Lipinski definition) is 3. The minimum Gasteiger partial charge on any atom is -0.324 e. The van der Waals surface area contributed by atoms with Gasteiger partial charge in [-0.1, -0.05) is 49.4 Å². The van der Waals surface area contributed by atoms with Gasteiger partial charge >= 0.3 is 6.18 Å². The first-order valence-electron chi connectivity index (χ1n) is 8.11. The highest BCUT2D eigenvalue weighted by molar-refractivity contribution is 7.88. The molecule has 0 saturated carbocycles. The number of rotatable bonds is 7. The van der Waals surface area contributed by atoms with E-state index in [4.69, 9.17) is 0 Å². The van der Waals surface area contributed by atoms with Crippen LogP contribution in [0.4, 0.5) is 18.9 Å². The number of nitrogens with zero attached hydrogens (tertiary/aromatic N) is 1. The molecule has 0 aliphatic heterocycles. The van der Waals surface area contributed by atoms with Gasteiger partial charge in [0.1, 0.15) is 0 Å². The van der Waals surface area contributed by atoms with Gasteiger partial charge in [-0.25, -0.2) is 8.42 Å². The van der Waals surface area contributed by atoms with E-state index in [9.17, 15) is 26.4 Å². The van der Waals surface area contributed by atoms with Crippen LogP contribution in [0.3, 0.4) is 0 Å². The lowest BCUT2D eigenvalue weighted by Crippen LogP contribution is -2.38. The minimum absolute atomic E-state index is 0.0174. The van der Waals surface area contributed by atoms with Gasteiger partial charge in [-0.3, -0.25) is 4.79 Å². The summed E-state index contributed by atoms with van der Waals surface area (Å²) in [6, 6.07) is 13.0. The molecule has 0 spiro atoms. The van der Waals surface area contributed by atoms with Crippen LogP contribution in [0.25, 0.3) is 0 Å². The van der Waals surface area contributed by atoms with Crippen LogP contribution in [0.2, 0.25) is 0 Å². The molecule has 0 fully saturated rings. The third kappa shape index (κ3) is 5.80. The van der Waals surface area contributed by atoms with Crippen LogP contribution in [0.15, 0.2) is 54.6 Å². The van der Waals surface area contributed by atoms with Gasteiger partial charge < -0.3 is 5.32 Å². The topological polar surface area (TPSA) is 66.5 Å². The first kappa shape index (κ1) is 20.9. The fraction of sp³-hybridized carbons (Fsp3) is 0.278. The van der Waals surface area contributed by atoms with Gasteiger partial charge in [-0.15, -0.1) is 0 Å². The van der Waals surface area contributed by atoms with Gasteiger partial charge in [0.15, 0.2) is 0 Å². The maximum atomic E-state index is 13.0. The van der Waals surface area contributed by atoms with Crippen molar-refractivity contribution in [2.75, 3.05) is 18.4 Å². The van der Waals surface area contributed by atoms with Gasteiger partial charge in [0, 0.05) is 6.54 Å². The van der Waals surface area contributed by atoms with Crippen molar-refractivity contribution in [1.29, 1.82) is 0 Å². The second-order valence-electron chi connectivity index (χ2n) is 5.76. The van der Waals surface area contributed by atoms with E-state index in [2.05, 4.69) is 5.32 Å². The average Bonchev–Trinajstić information content (AvgIpc) is 2.59. The molecule has 2 aromatic rings. The zero-order valence-electron chi connectivity index (χ0n) is 14.5. The molecule has 1 amide bonds. The highest BCUT2D eigenvalue weighted by Gasteiger charge is 2.34. The number of carbonyl (C=O) groups is 1. The lowest BCUT2D eigenvalue weighted by Gasteiger charge is -2.21. The van der Waals surface area contributed by atoms with Crippen LogP contribution in [0.1, 0.15) is 18.1 Å². The van der Waals surface area contributed by atoms with Crippen molar-refractivity contribution in [3.8, 4) is 0 Å². The molecule has 0 saturated heterocycles. The molecule has 0 atom stereocenters. The Kier molecular flexibility index (Phi) is 6.61. The summed E-state index contributed by atoms with van der Waals surface area (Å²) in [5.74, 6) is -1.14. The van der Waals surface area contributed by atoms with Gasteiger partial charge in [0.25, 0.3) is 0 Å². The number of para-hydroxylation sites is 1. The summed E-state index contributed by atoms with van der Waals surface area (Å²) in [6.45, 7) is 1.00. The molecule has 0 bridgehead atoms. The molecular formula is C18H19F3N2O3S. The molecule has 1 N–H and O–H groups in total. The number of hydrogen-bond donors (Lipinski definition) is 1. The Bertz CT molecular complexity index is 884. The van der Waals surface area contributed by atoms with E-state index >= 15 is 0 Å². The number of halogens is 3. The number of anilines is 1. The van der Waals surface area contributed by atoms with Crippen molar-refractivity contribution in [3.63, 3.8) is 0 Å². The van der Waals surface area contributed by atoms with Crippen LogP contribution >= 0.6 is 0 Å². The Hall–Kier alpha value is -2.39. The predicted molar refractivity (Wildman–Crippen MR) is 96.4 cm³/mol. The zero-order valence-corrected chi connectivity index (χ0v) is 15.3. The van der Waals surface area contributed by atoms with Gasteiger partial charge in [-0.2, -0.15) is 17.5 Å². The highest BCUT2D eigenvalue weighted by Crippen LogP contribution is 2.34. The van der Waals surface area contributed by atoms with Gasteiger partial charge in [0.05, 0.1) is 23.5 Å². The van der Waals surface area contributed by atoms with E-state index in [1.54, 1.807) is 37.3 Å². The van der Waals surface area contributed by atoms with Crippen LogP contribution < -0.4 is 5.32 Å². The molecule has 2 rings (SSSR count). The smallest absolute Gasteiger partial charge is 0.324 e. The maximum absolute atomic E-state index is 13.0. The molecule has 5 nitrogen and oxygen atoms in total. The molecule has 27 heavy (non-hydrogen) atoms. The van der Waals surface area contributed by atoms with E-state index in [1.807, 2.05) is 0 Å². The fourth-order valence-corrected chi connectivity index (χ4v) is 3.98. The number of nitrogens with one attached hydrogen (secondary N) is 1. The predicted octanol–water partition coefficient (Wildman–Crippen LogP) is 3.50. The second-order valence-corrected chi connectivity index (χ2v) is 7.73. The Morgan fingerprint density at radius 1 is 1.04 bits per heavy atom.